The molecule has 0 amide bonds. The maximum absolute atomic E-state index is 8.91. The standard InChI is InChI=1S/C15H17N3O3/c1-9-7-10(2)17-15(13(9)14(16)18-19)21-12-6-4-5-11(8-12)20-3/h4-8,19H,1-3H3,(H2,16,18). The van der Waals surface area contributed by atoms with Gasteiger partial charge in [0.2, 0.25) is 5.88 Å². The smallest absolute Gasteiger partial charge is 0.230 e. The Bertz CT molecular complexity index is 684. The van der Waals surface area contributed by atoms with Gasteiger partial charge in [-0.2, -0.15) is 0 Å². The van der Waals surface area contributed by atoms with Crippen molar-refractivity contribution in [2.75, 3.05) is 7.11 Å². The van der Waals surface area contributed by atoms with Gasteiger partial charge in [0.05, 0.1) is 12.7 Å². The lowest BCUT2D eigenvalue weighted by Crippen LogP contribution is -2.17. The first kappa shape index (κ1) is 14.6. The van der Waals surface area contributed by atoms with Crippen molar-refractivity contribution < 1.29 is 14.7 Å². The number of amidine groups is 1. The Morgan fingerprint density at radius 1 is 1.24 bits per heavy atom. The van der Waals surface area contributed by atoms with Crippen molar-refractivity contribution in [1.29, 1.82) is 0 Å². The molecule has 0 saturated heterocycles. The zero-order valence-electron chi connectivity index (χ0n) is 12.1. The van der Waals surface area contributed by atoms with E-state index in [2.05, 4.69) is 10.1 Å². The van der Waals surface area contributed by atoms with Crippen molar-refractivity contribution in [3.8, 4) is 17.4 Å². The van der Waals surface area contributed by atoms with E-state index in [0.717, 1.165) is 11.3 Å². The lowest BCUT2D eigenvalue weighted by atomic mass is 10.1. The molecule has 0 aliphatic rings. The molecular weight excluding hydrogens is 270 g/mol. The van der Waals surface area contributed by atoms with Crippen LogP contribution in [0.25, 0.3) is 0 Å². The molecule has 0 bridgehead atoms. The average Bonchev–Trinajstić information content (AvgIpc) is 2.46. The largest absolute Gasteiger partial charge is 0.497 e. The van der Waals surface area contributed by atoms with Crippen LogP contribution in [0.5, 0.6) is 17.4 Å². The van der Waals surface area contributed by atoms with E-state index < -0.39 is 0 Å². The summed E-state index contributed by atoms with van der Waals surface area (Å²) in [6, 6.07) is 8.96. The van der Waals surface area contributed by atoms with Gasteiger partial charge in [0.1, 0.15) is 11.5 Å². The number of ether oxygens (including phenoxy) is 2. The summed E-state index contributed by atoms with van der Waals surface area (Å²) in [6.07, 6.45) is 0. The third kappa shape index (κ3) is 3.22. The number of hydrogen-bond donors (Lipinski definition) is 2. The number of benzene rings is 1. The van der Waals surface area contributed by atoms with Crippen LogP contribution in [-0.2, 0) is 0 Å². The van der Waals surface area contributed by atoms with Crippen molar-refractivity contribution >= 4 is 5.84 Å². The molecule has 2 rings (SSSR count). The van der Waals surface area contributed by atoms with Crippen LogP contribution in [0.15, 0.2) is 35.5 Å². The van der Waals surface area contributed by atoms with Crippen LogP contribution in [0.3, 0.4) is 0 Å². The van der Waals surface area contributed by atoms with E-state index in [9.17, 15) is 0 Å². The van der Waals surface area contributed by atoms with Crippen molar-refractivity contribution in [2.45, 2.75) is 13.8 Å². The van der Waals surface area contributed by atoms with Crippen molar-refractivity contribution in [2.24, 2.45) is 10.9 Å². The number of methoxy groups -OCH3 is 1. The van der Waals surface area contributed by atoms with Crippen molar-refractivity contribution in [1.82, 2.24) is 4.98 Å². The highest BCUT2D eigenvalue weighted by molar-refractivity contribution is 6.00. The number of aryl methyl sites for hydroxylation is 2. The first-order chi connectivity index (χ1) is 10.0. The molecule has 1 heterocycles. The molecule has 6 heteroatoms. The van der Waals surface area contributed by atoms with Crippen LogP contribution < -0.4 is 15.2 Å². The van der Waals surface area contributed by atoms with E-state index in [1.54, 1.807) is 25.3 Å². The summed E-state index contributed by atoms with van der Waals surface area (Å²) in [7, 11) is 1.58. The zero-order chi connectivity index (χ0) is 15.4. The topological polar surface area (TPSA) is 90.0 Å². The maximum Gasteiger partial charge on any atom is 0.230 e. The van der Waals surface area contributed by atoms with Gasteiger partial charge < -0.3 is 20.4 Å². The minimum absolute atomic E-state index is 0.0436. The van der Waals surface area contributed by atoms with Gasteiger partial charge in [-0.1, -0.05) is 11.2 Å². The second kappa shape index (κ2) is 6.13. The monoisotopic (exact) mass is 287 g/mol. The van der Waals surface area contributed by atoms with E-state index in [1.807, 2.05) is 26.0 Å². The molecule has 1 aromatic heterocycles. The molecule has 0 fully saturated rings. The summed E-state index contributed by atoms with van der Waals surface area (Å²) < 4.78 is 10.9. The average molecular weight is 287 g/mol. The second-order valence-electron chi connectivity index (χ2n) is 4.53. The van der Waals surface area contributed by atoms with Crippen LogP contribution >= 0.6 is 0 Å². The summed E-state index contributed by atoms with van der Waals surface area (Å²) >= 11 is 0. The number of nitrogens with zero attached hydrogens (tertiary/aromatic N) is 2. The van der Waals surface area contributed by atoms with E-state index in [0.29, 0.717) is 17.1 Å². The number of aromatic nitrogens is 1. The Labute approximate surface area is 122 Å². The van der Waals surface area contributed by atoms with Crippen molar-refractivity contribution in [3.63, 3.8) is 0 Å². The SMILES string of the molecule is COc1cccc(Oc2nc(C)cc(C)c2C(N)=NO)c1. The van der Waals surface area contributed by atoms with E-state index >= 15 is 0 Å². The zero-order valence-corrected chi connectivity index (χ0v) is 12.1. The van der Waals surface area contributed by atoms with E-state index in [-0.39, 0.29) is 11.7 Å². The molecule has 0 saturated carbocycles. The predicted octanol–water partition coefficient (Wildman–Crippen LogP) is 2.59. The quantitative estimate of drug-likeness (QED) is 0.390. The molecule has 0 radical (unpaired) electrons. The van der Waals surface area contributed by atoms with Gasteiger partial charge in [-0.25, -0.2) is 4.98 Å². The molecule has 6 nitrogen and oxygen atoms in total. The Morgan fingerprint density at radius 3 is 2.62 bits per heavy atom. The summed E-state index contributed by atoms with van der Waals surface area (Å²) in [5.41, 5.74) is 7.77. The lowest BCUT2D eigenvalue weighted by Gasteiger charge is -2.13. The van der Waals surface area contributed by atoms with Gasteiger partial charge in [-0.15, -0.1) is 0 Å². The Hall–Kier alpha value is -2.76. The van der Waals surface area contributed by atoms with E-state index in [1.165, 1.54) is 0 Å². The molecule has 0 spiro atoms. The number of oxime groups is 1. The van der Waals surface area contributed by atoms with Gasteiger partial charge >= 0.3 is 0 Å². The van der Waals surface area contributed by atoms with Crippen LogP contribution in [0.4, 0.5) is 0 Å². The highest BCUT2D eigenvalue weighted by Crippen LogP contribution is 2.28. The molecule has 21 heavy (non-hydrogen) atoms. The predicted molar refractivity (Wildman–Crippen MR) is 79.3 cm³/mol. The highest BCUT2D eigenvalue weighted by atomic mass is 16.5. The molecule has 1 aromatic carbocycles. The van der Waals surface area contributed by atoms with Crippen LogP contribution in [0.2, 0.25) is 0 Å². The third-order valence-corrected chi connectivity index (χ3v) is 2.93. The fraction of sp³-hybridized carbons (Fsp3) is 0.200. The summed E-state index contributed by atoms with van der Waals surface area (Å²) in [6.45, 7) is 3.70. The van der Waals surface area contributed by atoms with Crippen LogP contribution in [-0.4, -0.2) is 23.1 Å². The maximum atomic E-state index is 8.91. The highest BCUT2D eigenvalue weighted by Gasteiger charge is 2.15. The molecule has 110 valence electrons. The van der Waals surface area contributed by atoms with Gasteiger partial charge in [0, 0.05) is 11.8 Å². The molecular formula is C15H17N3O3. The fourth-order valence-corrected chi connectivity index (χ4v) is 2.01. The Kier molecular flexibility index (Phi) is 4.27. The van der Waals surface area contributed by atoms with Gasteiger partial charge in [0.15, 0.2) is 5.84 Å². The van der Waals surface area contributed by atoms with Crippen LogP contribution in [0, 0.1) is 13.8 Å². The minimum Gasteiger partial charge on any atom is -0.497 e. The Morgan fingerprint density at radius 2 is 1.95 bits per heavy atom. The van der Waals surface area contributed by atoms with Crippen LogP contribution in [0.1, 0.15) is 16.8 Å². The third-order valence-electron chi connectivity index (χ3n) is 2.93. The van der Waals surface area contributed by atoms with Crippen molar-refractivity contribution in [3.05, 3.63) is 47.2 Å². The number of pyridine rings is 1. The normalized spacial score (nSPS) is 11.3. The summed E-state index contributed by atoms with van der Waals surface area (Å²) in [5.74, 6) is 1.47. The molecule has 0 aliphatic carbocycles. The Balaban J connectivity index is 2.47. The number of rotatable bonds is 4. The van der Waals surface area contributed by atoms with E-state index in [4.69, 9.17) is 20.4 Å². The molecule has 0 atom stereocenters. The minimum atomic E-state index is -0.0436. The molecule has 2 aromatic rings. The van der Waals surface area contributed by atoms with Gasteiger partial charge in [-0.3, -0.25) is 0 Å². The molecule has 0 unspecified atom stereocenters. The number of hydrogen-bond acceptors (Lipinski definition) is 5. The summed E-state index contributed by atoms with van der Waals surface area (Å²) in [5, 5.41) is 11.9. The summed E-state index contributed by atoms with van der Waals surface area (Å²) in [4.78, 5) is 4.32. The molecule has 3 N–H and O–H groups in total. The number of nitrogens with two attached hydrogens (primary N) is 1. The molecule has 0 aliphatic heterocycles. The lowest BCUT2D eigenvalue weighted by molar-refractivity contribution is 0.318. The second-order valence-corrected chi connectivity index (χ2v) is 4.53. The first-order valence-corrected chi connectivity index (χ1v) is 6.33. The van der Waals surface area contributed by atoms with Gasteiger partial charge in [0.25, 0.3) is 0 Å². The fourth-order valence-electron chi connectivity index (χ4n) is 2.01. The van der Waals surface area contributed by atoms with Gasteiger partial charge in [-0.05, 0) is 37.6 Å². The first-order valence-electron chi connectivity index (χ1n) is 6.33.